The number of imide groups is 1. The van der Waals surface area contributed by atoms with Crippen molar-refractivity contribution in [3.8, 4) is 17.5 Å². The van der Waals surface area contributed by atoms with Crippen molar-refractivity contribution in [2.45, 2.75) is 50.7 Å². The van der Waals surface area contributed by atoms with E-state index < -0.39 is 11.9 Å². The van der Waals surface area contributed by atoms with Crippen molar-refractivity contribution in [2.75, 3.05) is 27.4 Å². The monoisotopic (exact) mass is 523 g/mol. The highest BCUT2D eigenvalue weighted by atomic mass is 16.5. The van der Waals surface area contributed by atoms with Crippen LogP contribution >= 0.6 is 0 Å². The van der Waals surface area contributed by atoms with E-state index in [1.807, 2.05) is 0 Å². The van der Waals surface area contributed by atoms with Gasteiger partial charge in [0.25, 0.3) is 11.8 Å². The van der Waals surface area contributed by atoms with Crippen LogP contribution in [0.4, 0.5) is 0 Å². The number of ether oxygens (including phenoxy) is 3. The van der Waals surface area contributed by atoms with Gasteiger partial charge < -0.3 is 24.0 Å². The van der Waals surface area contributed by atoms with E-state index >= 15 is 0 Å². The van der Waals surface area contributed by atoms with Gasteiger partial charge in [-0.2, -0.15) is 9.97 Å². The molecule has 0 spiro atoms. The summed E-state index contributed by atoms with van der Waals surface area (Å²) in [5, 5.41) is 2.31. The third kappa shape index (κ3) is 4.98. The molecule has 3 aliphatic rings. The smallest absolute Gasteiger partial charge is 0.292 e. The molecule has 2 fully saturated rings. The number of aromatic nitrogens is 2. The Balaban J connectivity index is 1.26. The number of hydrogen-bond acceptors (Lipinski definition) is 9. The minimum atomic E-state index is -0.670. The Labute approximate surface area is 219 Å². The van der Waals surface area contributed by atoms with Crippen LogP contribution in [0.3, 0.4) is 0 Å². The summed E-state index contributed by atoms with van der Waals surface area (Å²) in [4.78, 5) is 61.6. The third-order valence-corrected chi connectivity index (χ3v) is 7.11. The summed E-state index contributed by atoms with van der Waals surface area (Å²) in [6.45, 7) is 1.08. The predicted octanol–water partition coefficient (Wildman–Crippen LogP) is 1.33. The highest BCUT2D eigenvalue weighted by Crippen LogP contribution is 2.31. The first-order valence-corrected chi connectivity index (χ1v) is 12.6. The molecule has 1 aromatic carbocycles. The molecule has 2 atom stereocenters. The van der Waals surface area contributed by atoms with Gasteiger partial charge >= 0.3 is 0 Å². The number of rotatable bonds is 7. The SMILES string of the molecule is COc1cc(OC)nc(C(=O)N2CCCC[C@H]2COc2ccc3c(c2)CN(C2CCC(=O)NC2=O)C3=O)n1. The third-order valence-electron chi connectivity index (χ3n) is 7.11. The molecule has 38 heavy (non-hydrogen) atoms. The maximum absolute atomic E-state index is 13.3. The number of carbonyl (C=O) groups is 4. The molecule has 200 valence electrons. The van der Waals surface area contributed by atoms with Crippen LogP contribution in [-0.2, 0) is 16.1 Å². The summed E-state index contributed by atoms with van der Waals surface area (Å²) in [7, 11) is 2.92. The van der Waals surface area contributed by atoms with Gasteiger partial charge in [0.2, 0.25) is 29.4 Å². The second kappa shape index (κ2) is 10.6. The average Bonchev–Trinajstić information content (AvgIpc) is 3.26. The number of piperidine rings is 2. The van der Waals surface area contributed by atoms with Gasteiger partial charge in [0, 0.05) is 25.1 Å². The van der Waals surface area contributed by atoms with E-state index in [0.29, 0.717) is 24.3 Å². The molecule has 0 aliphatic carbocycles. The number of carbonyl (C=O) groups excluding carboxylic acids is 4. The first-order chi connectivity index (χ1) is 18.4. The summed E-state index contributed by atoms with van der Waals surface area (Å²) in [5.74, 6) is -0.282. The summed E-state index contributed by atoms with van der Waals surface area (Å²) in [5.41, 5.74) is 1.27. The highest BCUT2D eigenvalue weighted by molar-refractivity contribution is 6.05. The largest absolute Gasteiger partial charge is 0.491 e. The molecule has 0 radical (unpaired) electrons. The number of amides is 4. The molecule has 12 nitrogen and oxygen atoms in total. The molecule has 4 heterocycles. The minimum absolute atomic E-state index is 0.00214. The Bertz CT molecular complexity index is 1260. The van der Waals surface area contributed by atoms with Crippen LogP contribution in [0.25, 0.3) is 0 Å². The van der Waals surface area contributed by atoms with Crippen molar-refractivity contribution >= 4 is 23.6 Å². The number of benzene rings is 1. The summed E-state index contributed by atoms with van der Waals surface area (Å²) in [6, 6.07) is 5.86. The van der Waals surface area contributed by atoms with Gasteiger partial charge in [0.05, 0.1) is 26.3 Å². The van der Waals surface area contributed by atoms with Crippen LogP contribution in [0.5, 0.6) is 17.5 Å². The quantitative estimate of drug-likeness (QED) is 0.532. The van der Waals surface area contributed by atoms with Crippen molar-refractivity contribution < 1.29 is 33.4 Å². The van der Waals surface area contributed by atoms with E-state index in [2.05, 4.69) is 15.3 Å². The molecule has 1 unspecified atom stereocenters. The maximum Gasteiger partial charge on any atom is 0.292 e. The van der Waals surface area contributed by atoms with Gasteiger partial charge in [-0.15, -0.1) is 0 Å². The molecule has 0 saturated carbocycles. The molecule has 2 aromatic rings. The van der Waals surface area contributed by atoms with Crippen molar-refractivity contribution in [1.82, 2.24) is 25.1 Å². The van der Waals surface area contributed by atoms with Gasteiger partial charge in [-0.25, -0.2) is 0 Å². The van der Waals surface area contributed by atoms with Crippen LogP contribution in [0, 0.1) is 0 Å². The van der Waals surface area contributed by atoms with Crippen LogP contribution < -0.4 is 19.5 Å². The zero-order chi connectivity index (χ0) is 26.8. The fourth-order valence-corrected chi connectivity index (χ4v) is 5.11. The van der Waals surface area contributed by atoms with E-state index in [1.54, 1.807) is 23.1 Å². The van der Waals surface area contributed by atoms with E-state index in [9.17, 15) is 19.2 Å². The molecule has 3 aliphatic heterocycles. The Morgan fingerprint density at radius 3 is 2.53 bits per heavy atom. The van der Waals surface area contributed by atoms with Gasteiger partial charge in [0.1, 0.15) is 18.4 Å². The lowest BCUT2D eigenvalue weighted by Crippen LogP contribution is -2.52. The standard InChI is InChI=1S/C26H29N5O7/c1-36-21-12-22(37-2)29-23(28-21)26(35)30-10-4-3-5-16(30)14-38-17-6-7-18-15(11-17)13-31(25(18)34)19-8-9-20(32)27-24(19)33/h6-7,11-12,16,19H,3-5,8-10,13-14H2,1-2H3,(H,27,32,33)/t16-,19?/m0/s1. The van der Waals surface area contributed by atoms with Crippen molar-refractivity contribution in [3.63, 3.8) is 0 Å². The lowest BCUT2D eigenvalue weighted by molar-refractivity contribution is -0.136. The van der Waals surface area contributed by atoms with Gasteiger partial charge in [-0.05, 0) is 49.4 Å². The lowest BCUT2D eigenvalue weighted by atomic mass is 10.0. The normalized spacial score (nSPS) is 21.2. The Morgan fingerprint density at radius 1 is 1.05 bits per heavy atom. The molecular formula is C26H29N5O7. The van der Waals surface area contributed by atoms with Crippen LogP contribution in [0.15, 0.2) is 24.3 Å². The van der Waals surface area contributed by atoms with E-state index in [4.69, 9.17) is 14.2 Å². The van der Waals surface area contributed by atoms with E-state index in [-0.39, 0.29) is 60.9 Å². The lowest BCUT2D eigenvalue weighted by Gasteiger charge is -2.35. The summed E-state index contributed by atoms with van der Waals surface area (Å²) >= 11 is 0. The van der Waals surface area contributed by atoms with Crippen molar-refractivity contribution in [1.29, 1.82) is 0 Å². The van der Waals surface area contributed by atoms with Crippen LogP contribution in [-0.4, -0.2) is 82.9 Å². The molecule has 5 rings (SSSR count). The topological polar surface area (TPSA) is 140 Å². The average molecular weight is 524 g/mol. The number of hydrogen-bond donors (Lipinski definition) is 1. The molecule has 12 heteroatoms. The van der Waals surface area contributed by atoms with Gasteiger partial charge in [0.15, 0.2) is 0 Å². The zero-order valence-corrected chi connectivity index (χ0v) is 21.3. The number of fused-ring (bicyclic) bond motifs is 1. The predicted molar refractivity (Wildman–Crippen MR) is 132 cm³/mol. The first kappa shape index (κ1) is 25.4. The van der Waals surface area contributed by atoms with Crippen molar-refractivity contribution in [2.24, 2.45) is 0 Å². The Kier molecular flexibility index (Phi) is 7.12. The number of nitrogens with one attached hydrogen (secondary N) is 1. The molecule has 0 bridgehead atoms. The molecule has 1 aromatic heterocycles. The van der Waals surface area contributed by atoms with Gasteiger partial charge in [-0.1, -0.05) is 0 Å². The second-order valence-electron chi connectivity index (χ2n) is 9.45. The minimum Gasteiger partial charge on any atom is -0.491 e. The fraction of sp³-hybridized carbons (Fsp3) is 0.462. The number of methoxy groups -OCH3 is 2. The number of likely N-dealkylation sites (tertiary alicyclic amines) is 1. The van der Waals surface area contributed by atoms with Crippen molar-refractivity contribution in [3.05, 3.63) is 41.2 Å². The first-order valence-electron chi connectivity index (χ1n) is 12.6. The molecule has 4 amide bonds. The van der Waals surface area contributed by atoms with Crippen LogP contribution in [0.1, 0.15) is 58.6 Å². The fourth-order valence-electron chi connectivity index (χ4n) is 5.11. The van der Waals surface area contributed by atoms with E-state index in [1.165, 1.54) is 25.2 Å². The molecular weight excluding hydrogens is 494 g/mol. The van der Waals surface area contributed by atoms with E-state index in [0.717, 1.165) is 24.8 Å². The molecule has 1 N–H and O–H groups in total. The highest BCUT2D eigenvalue weighted by Gasteiger charge is 2.39. The van der Waals surface area contributed by atoms with Crippen LogP contribution in [0.2, 0.25) is 0 Å². The number of nitrogens with zero attached hydrogens (tertiary/aromatic N) is 4. The Hall–Kier alpha value is -4.22. The summed E-state index contributed by atoms with van der Waals surface area (Å²) < 4.78 is 16.4. The second-order valence-corrected chi connectivity index (χ2v) is 9.45. The maximum atomic E-state index is 13.3. The summed E-state index contributed by atoms with van der Waals surface area (Å²) in [6.07, 6.45) is 3.09. The van der Waals surface area contributed by atoms with Gasteiger partial charge in [-0.3, -0.25) is 24.5 Å². The zero-order valence-electron chi connectivity index (χ0n) is 21.3. The molecule has 2 saturated heterocycles. The Morgan fingerprint density at radius 2 is 1.82 bits per heavy atom.